The molecule has 0 N–H and O–H groups in total. The van der Waals surface area contributed by atoms with E-state index in [1.807, 2.05) is 0 Å². The summed E-state index contributed by atoms with van der Waals surface area (Å²) in [5.74, 6) is 0. The lowest BCUT2D eigenvalue weighted by Gasteiger charge is -2.14. The van der Waals surface area contributed by atoms with Gasteiger partial charge in [-0.15, -0.1) is 0 Å². The van der Waals surface area contributed by atoms with E-state index in [-0.39, 0.29) is 0 Å². The molecule has 0 saturated carbocycles. The van der Waals surface area contributed by atoms with E-state index in [4.69, 9.17) is 9.98 Å². The van der Waals surface area contributed by atoms with Crippen molar-refractivity contribution in [2.24, 2.45) is 9.98 Å². The van der Waals surface area contributed by atoms with Gasteiger partial charge in [-0.3, -0.25) is 9.98 Å². The smallest absolute Gasteiger partial charge is 0.0665 e. The van der Waals surface area contributed by atoms with Crippen molar-refractivity contribution >= 4 is 22.8 Å². The predicted octanol–water partition coefficient (Wildman–Crippen LogP) is 13.4. The number of hydrogen-bond acceptors (Lipinski definition) is 2. The molecule has 0 radical (unpaired) electrons. The zero-order valence-corrected chi connectivity index (χ0v) is 28.3. The van der Waals surface area contributed by atoms with E-state index in [0.717, 1.165) is 75.6 Å². The largest absolute Gasteiger partial charge is 0.251 e. The minimum absolute atomic E-state index is 1.00. The van der Waals surface area contributed by atoms with Crippen molar-refractivity contribution in [1.82, 2.24) is 0 Å². The lowest BCUT2D eigenvalue weighted by atomic mass is 9.99. The van der Waals surface area contributed by atoms with E-state index in [0.29, 0.717) is 0 Å². The van der Waals surface area contributed by atoms with Gasteiger partial charge in [-0.05, 0) is 100 Å². The Labute approximate surface area is 265 Å². The summed E-state index contributed by atoms with van der Waals surface area (Å²) in [6.07, 6.45) is 31.5. The first kappa shape index (κ1) is 36.5. The van der Waals surface area contributed by atoms with Gasteiger partial charge in [0.15, 0.2) is 0 Å². The molecule has 0 saturated heterocycles. The highest BCUT2D eigenvalue weighted by Crippen LogP contribution is 2.26. The fourth-order valence-corrected chi connectivity index (χ4v) is 5.49. The molecule has 0 aliphatic carbocycles. The standard InChI is InChI=1S/C41H62N2/c1-5-9-13-16-19-23-35-41(43-39-33-27-25-31-37(39)29-22-18-15-11-7-3)40(34-20-12-8-4)42-38-32-26-24-30-36(38)28-21-17-14-10-6-2/h10-11,14-15,24-27,30-33H,5-9,12-13,16-23,28-29,34-35H2,1-4H3/b14-10+,15-11+,42-40?,43-41?. The van der Waals surface area contributed by atoms with Gasteiger partial charge in [0, 0.05) is 0 Å². The molecule has 236 valence electrons. The zero-order valence-electron chi connectivity index (χ0n) is 28.3. The highest BCUT2D eigenvalue weighted by Gasteiger charge is 2.13. The summed E-state index contributed by atoms with van der Waals surface area (Å²) in [6, 6.07) is 17.6. The first-order valence-corrected chi connectivity index (χ1v) is 17.8. The van der Waals surface area contributed by atoms with Crippen LogP contribution in [0.25, 0.3) is 0 Å². The Kier molecular flexibility index (Phi) is 20.9. The molecule has 0 amide bonds. The molecule has 43 heavy (non-hydrogen) atoms. The van der Waals surface area contributed by atoms with Crippen LogP contribution in [-0.4, -0.2) is 11.4 Å². The van der Waals surface area contributed by atoms with Crippen molar-refractivity contribution in [3.8, 4) is 0 Å². The maximum absolute atomic E-state index is 5.47. The number of nitrogens with zero attached hydrogens (tertiary/aromatic N) is 2. The summed E-state index contributed by atoms with van der Waals surface area (Å²) in [5.41, 5.74) is 7.43. The molecule has 0 bridgehead atoms. The molecule has 2 heteroatoms. The molecule has 0 heterocycles. The van der Waals surface area contributed by atoms with E-state index in [9.17, 15) is 0 Å². The first-order valence-electron chi connectivity index (χ1n) is 17.8. The van der Waals surface area contributed by atoms with Crippen LogP contribution in [0.1, 0.15) is 148 Å². The Balaban J connectivity index is 2.42. The summed E-state index contributed by atoms with van der Waals surface area (Å²) >= 11 is 0. The predicted molar refractivity (Wildman–Crippen MR) is 194 cm³/mol. The lowest BCUT2D eigenvalue weighted by Crippen LogP contribution is -2.15. The Morgan fingerprint density at radius 3 is 1.40 bits per heavy atom. The molecule has 0 aromatic heterocycles. The second-order valence-electron chi connectivity index (χ2n) is 11.9. The van der Waals surface area contributed by atoms with E-state index >= 15 is 0 Å². The van der Waals surface area contributed by atoms with Gasteiger partial charge < -0.3 is 0 Å². The molecule has 0 unspecified atom stereocenters. The molecule has 0 fully saturated rings. The van der Waals surface area contributed by atoms with Gasteiger partial charge in [-0.25, -0.2) is 0 Å². The van der Waals surface area contributed by atoms with Crippen LogP contribution in [0, 0.1) is 0 Å². The first-order chi connectivity index (χ1) is 21.2. The SMILES string of the molecule is CC/C=C/CCCc1ccccc1N=C(CCCCC)C(CCCCCCCC)=Nc1ccccc1CCC/C=C/CC. The van der Waals surface area contributed by atoms with E-state index in [2.05, 4.69) is 101 Å². The molecule has 0 spiro atoms. The van der Waals surface area contributed by atoms with Crippen LogP contribution in [0.15, 0.2) is 82.8 Å². The quantitative estimate of drug-likeness (QED) is 0.0668. The molecule has 2 nitrogen and oxygen atoms in total. The van der Waals surface area contributed by atoms with Crippen molar-refractivity contribution in [3.05, 3.63) is 84.0 Å². The summed E-state index contributed by atoms with van der Waals surface area (Å²) in [6.45, 7) is 8.99. The van der Waals surface area contributed by atoms with E-state index < -0.39 is 0 Å². The molecule has 0 atom stereocenters. The Bertz CT molecular complexity index is 1100. The summed E-state index contributed by atoms with van der Waals surface area (Å²) in [7, 11) is 0. The second kappa shape index (κ2) is 24.7. The molecule has 2 rings (SSSR count). The van der Waals surface area contributed by atoms with Gasteiger partial charge in [0.05, 0.1) is 22.8 Å². The summed E-state index contributed by atoms with van der Waals surface area (Å²) in [5, 5.41) is 0. The number of unbranched alkanes of at least 4 members (excludes halogenated alkanes) is 9. The van der Waals surface area contributed by atoms with Crippen LogP contribution in [0.2, 0.25) is 0 Å². The number of aryl methyl sites for hydroxylation is 2. The van der Waals surface area contributed by atoms with Crippen LogP contribution in [0.5, 0.6) is 0 Å². The average Bonchev–Trinajstić information content (AvgIpc) is 3.03. The average molecular weight is 583 g/mol. The van der Waals surface area contributed by atoms with Crippen LogP contribution in [0.3, 0.4) is 0 Å². The van der Waals surface area contributed by atoms with Gasteiger partial charge in [-0.1, -0.05) is 133 Å². The van der Waals surface area contributed by atoms with E-state index in [1.165, 1.54) is 80.3 Å². The van der Waals surface area contributed by atoms with Gasteiger partial charge in [0.1, 0.15) is 0 Å². The van der Waals surface area contributed by atoms with Crippen molar-refractivity contribution < 1.29 is 0 Å². The van der Waals surface area contributed by atoms with Crippen molar-refractivity contribution in [2.45, 2.75) is 150 Å². The normalized spacial score (nSPS) is 12.7. The second-order valence-corrected chi connectivity index (χ2v) is 11.9. The number of aliphatic imine (C=N–C) groups is 2. The summed E-state index contributed by atoms with van der Waals surface area (Å²) < 4.78 is 0. The van der Waals surface area contributed by atoms with Crippen molar-refractivity contribution in [1.29, 1.82) is 0 Å². The number of hydrogen-bond donors (Lipinski definition) is 0. The van der Waals surface area contributed by atoms with Crippen LogP contribution in [0.4, 0.5) is 11.4 Å². The Morgan fingerprint density at radius 1 is 0.488 bits per heavy atom. The third-order valence-corrected chi connectivity index (χ3v) is 8.05. The summed E-state index contributed by atoms with van der Waals surface area (Å²) in [4.78, 5) is 10.9. The zero-order chi connectivity index (χ0) is 30.8. The molecular formula is C41H62N2. The highest BCUT2D eigenvalue weighted by molar-refractivity contribution is 6.43. The van der Waals surface area contributed by atoms with Gasteiger partial charge in [0.25, 0.3) is 0 Å². The maximum atomic E-state index is 5.47. The van der Waals surface area contributed by atoms with Crippen LogP contribution < -0.4 is 0 Å². The lowest BCUT2D eigenvalue weighted by molar-refractivity contribution is 0.616. The van der Waals surface area contributed by atoms with Crippen LogP contribution in [-0.2, 0) is 12.8 Å². The Morgan fingerprint density at radius 2 is 0.907 bits per heavy atom. The number of para-hydroxylation sites is 2. The molecule has 0 aliphatic rings. The molecule has 2 aromatic rings. The minimum atomic E-state index is 1.00. The van der Waals surface area contributed by atoms with Crippen LogP contribution >= 0.6 is 0 Å². The maximum Gasteiger partial charge on any atom is 0.0665 e. The number of allylic oxidation sites excluding steroid dienone is 4. The number of rotatable bonds is 24. The van der Waals surface area contributed by atoms with E-state index in [1.54, 1.807) is 0 Å². The fraction of sp³-hybridized carbons (Fsp3) is 0.561. The third kappa shape index (κ3) is 16.1. The van der Waals surface area contributed by atoms with Crippen molar-refractivity contribution in [3.63, 3.8) is 0 Å². The monoisotopic (exact) mass is 582 g/mol. The fourth-order valence-electron chi connectivity index (χ4n) is 5.49. The van der Waals surface area contributed by atoms with Gasteiger partial charge in [-0.2, -0.15) is 0 Å². The molecule has 0 aliphatic heterocycles. The topological polar surface area (TPSA) is 24.7 Å². The molecule has 2 aromatic carbocycles. The third-order valence-electron chi connectivity index (χ3n) is 8.05. The number of benzene rings is 2. The minimum Gasteiger partial charge on any atom is -0.251 e. The molecular weight excluding hydrogens is 520 g/mol. The highest BCUT2D eigenvalue weighted by atomic mass is 14.8. The van der Waals surface area contributed by atoms with Crippen molar-refractivity contribution in [2.75, 3.05) is 0 Å². The van der Waals surface area contributed by atoms with Gasteiger partial charge in [0.2, 0.25) is 0 Å². The van der Waals surface area contributed by atoms with Gasteiger partial charge >= 0.3 is 0 Å². The Hall–Kier alpha value is -2.74.